The van der Waals surface area contributed by atoms with Crippen LogP contribution in [0.1, 0.15) is 6.42 Å². The second kappa shape index (κ2) is 6.12. The summed E-state index contributed by atoms with van der Waals surface area (Å²) >= 11 is 0. The van der Waals surface area contributed by atoms with Crippen LogP contribution >= 0.6 is 0 Å². The third-order valence-electron chi connectivity index (χ3n) is 1.46. The summed E-state index contributed by atoms with van der Waals surface area (Å²) in [5, 5.41) is 8.59. The van der Waals surface area contributed by atoms with Crippen LogP contribution < -0.4 is 11.5 Å². The molecule has 4 heteroatoms. The summed E-state index contributed by atoms with van der Waals surface area (Å²) in [5.41, 5.74) is 10.6. The zero-order chi connectivity index (χ0) is 8.69. The number of aliphatic hydroxyl groups is 1. The molecule has 0 aliphatic rings. The number of aliphatic imine (C=N–C) groups is 1. The van der Waals surface area contributed by atoms with E-state index in [0.29, 0.717) is 13.0 Å². The molecule has 0 aromatic carbocycles. The molecule has 0 spiro atoms. The molecule has 4 nitrogen and oxygen atoms in total. The molecule has 2 unspecified atom stereocenters. The van der Waals surface area contributed by atoms with Crippen LogP contribution in [0.5, 0.6) is 0 Å². The van der Waals surface area contributed by atoms with E-state index in [4.69, 9.17) is 23.5 Å². The Morgan fingerprint density at radius 1 is 1.64 bits per heavy atom. The van der Waals surface area contributed by atoms with Gasteiger partial charge in [-0.3, -0.25) is 4.99 Å². The maximum absolute atomic E-state index is 8.59. The molecule has 0 fully saturated rings. The molecule has 2 atom stereocenters. The lowest BCUT2D eigenvalue weighted by Crippen LogP contribution is -2.31. The normalized spacial score (nSPS) is 17.0. The van der Waals surface area contributed by atoms with E-state index in [1.807, 2.05) is 0 Å². The minimum absolute atomic E-state index is 0.0898. The fraction of sp³-hybridized carbons (Fsp3) is 0.714. The van der Waals surface area contributed by atoms with Crippen molar-refractivity contribution in [1.29, 1.82) is 0 Å². The lowest BCUT2D eigenvalue weighted by Gasteiger charge is -2.15. The van der Waals surface area contributed by atoms with E-state index in [9.17, 15) is 0 Å². The average Bonchev–Trinajstić information content (AvgIpc) is 2.03. The first-order chi connectivity index (χ1) is 5.22. The minimum Gasteiger partial charge on any atom is -0.396 e. The van der Waals surface area contributed by atoms with Crippen molar-refractivity contribution in [3.63, 3.8) is 0 Å². The van der Waals surface area contributed by atoms with Crippen LogP contribution in [0.25, 0.3) is 0 Å². The Morgan fingerprint density at radius 2 is 2.27 bits per heavy atom. The van der Waals surface area contributed by atoms with Crippen molar-refractivity contribution >= 4 is 6.34 Å². The number of rotatable bonds is 5. The number of nitrogens with two attached hydrogens (primary N) is 2. The van der Waals surface area contributed by atoms with Gasteiger partial charge in [0.1, 0.15) is 0 Å². The highest BCUT2D eigenvalue weighted by Gasteiger charge is 2.10. The lowest BCUT2D eigenvalue weighted by atomic mass is 10.0. The Bertz CT molecular complexity index is 116. The highest BCUT2D eigenvalue weighted by atomic mass is 16.3. The van der Waals surface area contributed by atoms with E-state index in [1.54, 1.807) is 0 Å². The molecule has 0 aromatic heterocycles. The molecule has 2 radical (unpaired) electrons. The molecule has 0 saturated heterocycles. The van der Waals surface area contributed by atoms with E-state index in [1.165, 1.54) is 6.34 Å². The Kier molecular flexibility index (Phi) is 5.78. The Morgan fingerprint density at radius 3 is 2.73 bits per heavy atom. The molecule has 64 valence electrons. The third kappa shape index (κ3) is 4.75. The fourth-order valence-electron chi connectivity index (χ4n) is 0.648. The molecule has 0 bridgehead atoms. The van der Waals surface area contributed by atoms with Gasteiger partial charge in [0.05, 0.1) is 6.34 Å². The SMILES string of the molecule is [CH]C(CO)C(N)CCN=CN. The predicted octanol–water partition coefficient (Wildman–Crippen LogP) is -0.990. The lowest BCUT2D eigenvalue weighted by molar-refractivity contribution is 0.229. The summed E-state index contributed by atoms with van der Waals surface area (Å²) in [6.07, 6.45) is 1.88. The van der Waals surface area contributed by atoms with Gasteiger partial charge in [0.15, 0.2) is 0 Å². The van der Waals surface area contributed by atoms with Crippen LogP contribution in [0.2, 0.25) is 0 Å². The maximum Gasteiger partial charge on any atom is 0.0797 e. The van der Waals surface area contributed by atoms with E-state index in [2.05, 4.69) is 4.99 Å². The molecule has 0 heterocycles. The van der Waals surface area contributed by atoms with Gasteiger partial charge in [-0.1, -0.05) is 0 Å². The van der Waals surface area contributed by atoms with Crippen molar-refractivity contribution in [2.45, 2.75) is 12.5 Å². The van der Waals surface area contributed by atoms with Crippen LogP contribution in [0.15, 0.2) is 4.99 Å². The number of hydrogen-bond donors (Lipinski definition) is 3. The van der Waals surface area contributed by atoms with Gasteiger partial charge >= 0.3 is 0 Å². The summed E-state index contributed by atoms with van der Waals surface area (Å²) < 4.78 is 0. The van der Waals surface area contributed by atoms with Gasteiger partial charge in [-0.05, 0) is 13.3 Å². The first-order valence-corrected chi connectivity index (χ1v) is 3.54. The van der Waals surface area contributed by atoms with Gasteiger partial charge in [0, 0.05) is 25.1 Å². The van der Waals surface area contributed by atoms with Gasteiger partial charge < -0.3 is 16.6 Å². The van der Waals surface area contributed by atoms with Gasteiger partial charge in [-0.2, -0.15) is 0 Å². The van der Waals surface area contributed by atoms with Crippen LogP contribution in [0.4, 0.5) is 0 Å². The summed E-state index contributed by atoms with van der Waals surface area (Å²) in [4.78, 5) is 3.76. The number of hydrogen-bond acceptors (Lipinski definition) is 3. The first-order valence-electron chi connectivity index (χ1n) is 3.54. The molecule has 0 aliphatic carbocycles. The second-order valence-electron chi connectivity index (χ2n) is 2.35. The topological polar surface area (TPSA) is 84.6 Å². The smallest absolute Gasteiger partial charge is 0.0797 e. The van der Waals surface area contributed by atoms with Gasteiger partial charge in [-0.25, -0.2) is 0 Å². The first kappa shape index (κ1) is 10.4. The van der Waals surface area contributed by atoms with E-state index in [-0.39, 0.29) is 18.6 Å². The van der Waals surface area contributed by atoms with Crippen molar-refractivity contribution in [2.75, 3.05) is 13.2 Å². The average molecular weight is 157 g/mol. The van der Waals surface area contributed by atoms with Crippen molar-refractivity contribution < 1.29 is 5.11 Å². The summed E-state index contributed by atoms with van der Waals surface area (Å²) in [7, 11) is 0. The quantitative estimate of drug-likeness (QED) is 0.354. The standard InChI is InChI=1S/C7H15N3O/c1-6(4-11)7(9)2-3-10-5-8/h1,5-7,11H,2-4,9H2,(H2,8,10). The summed E-state index contributed by atoms with van der Waals surface area (Å²) in [6, 6.07) is -0.205. The van der Waals surface area contributed by atoms with Crippen LogP contribution in [0.3, 0.4) is 0 Å². The Balaban J connectivity index is 3.43. The van der Waals surface area contributed by atoms with Crippen LogP contribution in [-0.2, 0) is 0 Å². The maximum atomic E-state index is 8.59. The van der Waals surface area contributed by atoms with Crippen molar-refractivity contribution in [3.8, 4) is 0 Å². The molecule has 0 rings (SSSR count). The molecule has 0 aromatic rings. The molecular formula is C7H15N3O. The minimum atomic E-state index is -0.358. The molecule has 0 amide bonds. The molecule has 0 saturated carbocycles. The zero-order valence-corrected chi connectivity index (χ0v) is 6.48. The zero-order valence-electron chi connectivity index (χ0n) is 6.48. The monoisotopic (exact) mass is 157 g/mol. The van der Waals surface area contributed by atoms with Crippen molar-refractivity contribution in [3.05, 3.63) is 6.92 Å². The van der Waals surface area contributed by atoms with Gasteiger partial charge in [-0.15, -0.1) is 0 Å². The Hall–Kier alpha value is -0.610. The van der Waals surface area contributed by atoms with E-state index >= 15 is 0 Å². The summed E-state index contributed by atoms with van der Waals surface area (Å²) in [6.45, 7) is 5.91. The molecular weight excluding hydrogens is 142 g/mol. The number of nitrogens with zero attached hydrogens (tertiary/aromatic N) is 1. The molecule has 5 N–H and O–H groups in total. The van der Waals surface area contributed by atoms with E-state index < -0.39 is 0 Å². The van der Waals surface area contributed by atoms with Crippen LogP contribution in [0, 0.1) is 12.8 Å². The number of aliphatic hydroxyl groups excluding tert-OH is 1. The van der Waals surface area contributed by atoms with Crippen molar-refractivity contribution in [1.82, 2.24) is 0 Å². The third-order valence-corrected chi connectivity index (χ3v) is 1.46. The largest absolute Gasteiger partial charge is 0.396 e. The van der Waals surface area contributed by atoms with E-state index in [0.717, 1.165) is 0 Å². The molecule has 11 heavy (non-hydrogen) atoms. The highest BCUT2D eigenvalue weighted by Crippen LogP contribution is 2.02. The summed E-state index contributed by atoms with van der Waals surface area (Å²) in [5.74, 6) is -0.358. The fourth-order valence-corrected chi connectivity index (χ4v) is 0.648. The second-order valence-corrected chi connectivity index (χ2v) is 2.35. The molecule has 0 aliphatic heterocycles. The van der Waals surface area contributed by atoms with Crippen LogP contribution in [-0.4, -0.2) is 30.6 Å². The van der Waals surface area contributed by atoms with Gasteiger partial charge in [0.2, 0.25) is 0 Å². The van der Waals surface area contributed by atoms with Gasteiger partial charge in [0.25, 0.3) is 0 Å². The highest BCUT2D eigenvalue weighted by molar-refractivity contribution is 5.50. The van der Waals surface area contributed by atoms with Crippen molar-refractivity contribution in [2.24, 2.45) is 22.4 Å². The Labute approximate surface area is 67.3 Å². The predicted molar refractivity (Wildman–Crippen MR) is 45.0 cm³/mol.